The predicted molar refractivity (Wildman–Crippen MR) is 147 cm³/mol. The van der Waals surface area contributed by atoms with Crippen molar-refractivity contribution in [3.63, 3.8) is 0 Å². The van der Waals surface area contributed by atoms with Gasteiger partial charge in [-0.05, 0) is 43.0 Å². The summed E-state index contributed by atoms with van der Waals surface area (Å²) in [6.45, 7) is 8.21. The highest BCUT2D eigenvalue weighted by atomic mass is 32.2. The molecule has 204 valence electrons. The fourth-order valence-electron chi connectivity index (χ4n) is 3.93. The van der Waals surface area contributed by atoms with Crippen LogP contribution in [0.3, 0.4) is 0 Å². The Bertz CT molecular complexity index is 1610. The second-order valence-corrected chi connectivity index (χ2v) is 13.8. The van der Waals surface area contributed by atoms with Crippen molar-refractivity contribution in [3.05, 3.63) is 58.8 Å². The Morgan fingerprint density at radius 3 is 2.61 bits per heavy atom. The van der Waals surface area contributed by atoms with Crippen LogP contribution in [-0.4, -0.2) is 46.6 Å². The van der Waals surface area contributed by atoms with E-state index in [4.69, 9.17) is 4.52 Å². The molecule has 0 bridgehead atoms. The minimum atomic E-state index is -3.98. The van der Waals surface area contributed by atoms with E-state index in [-0.39, 0.29) is 45.8 Å². The van der Waals surface area contributed by atoms with Gasteiger partial charge >= 0.3 is 7.52 Å². The number of aryl methyl sites for hydroxylation is 1. The fourth-order valence-corrected chi connectivity index (χ4v) is 6.29. The molecule has 1 atom stereocenters. The van der Waals surface area contributed by atoms with E-state index in [1.165, 1.54) is 33.6 Å². The number of pyridine rings is 1. The highest BCUT2D eigenvalue weighted by Gasteiger charge is 2.36. The maximum absolute atomic E-state index is 14.0. The number of nitrogens with zero attached hydrogens (tertiary/aromatic N) is 4. The van der Waals surface area contributed by atoms with Crippen LogP contribution in [0.25, 0.3) is 5.69 Å². The number of fused-ring (bicyclic) bond motifs is 1. The number of aromatic hydroxyl groups is 1. The molecule has 0 fully saturated rings. The highest BCUT2D eigenvalue weighted by Crippen LogP contribution is 2.52. The third kappa shape index (κ3) is 5.85. The van der Waals surface area contributed by atoms with Crippen molar-refractivity contribution >= 4 is 40.1 Å². The molecule has 38 heavy (non-hydrogen) atoms. The van der Waals surface area contributed by atoms with E-state index < -0.39 is 23.1 Å². The molecule has 1 unspecified atom stereocenters. The second-order valence-electron chi connectivity index (χ2n) is 10.1. The molecule has 0 spiro atoms. The quantitative estimate of drug-likeness (QED) is 0.353. The number of hydrogen-bond acceptors (Lipinski definition) is 8. The minimum absolute atomic E-state index is 0.0341. The second kappa shape index (κ2) is 10.0. The SMILES string of the molecule is CCOP1(=O)N=C(c2c(O)c(-n3cccn3)cn(CCC(C)(C)C)c2=O)Nc2ccc(NS(C)(=O)=O)cc21. The Labute approximate surface area is 220 Å². The Morgan fingerprint density at radius 1 is 1.26 bits per heavy atom. The van der Waals surface area contributed by atoms with Gasteiger partial charge < -0.3 is 19.5 Å². The molecule has 2 aromatic heterocycles. The van der Waals surface area contributed by atoms with Gasteiger partial charge in [-0.15, -0.1) is 0 Å². The van der Waals surface area contributed by atoms with Gasteiger partial charge in [0.2, 0.25) is 10.0 Å². The van der Waals surface area contributed by atoms with E-state index >= 15 is 0 Å². The largest absolute Gasteiger partial charge is 0.505 e. The van der Waals surface area contributed by atoms with Crippen LogP contribution in [0, 0.1) is 5.41 Å². The third-order valence-corrected chi connectivity index (χ3v) is 8.37. The standard InChI is InChI=1S/C24H31N6O6PS/c1-6-36-37(33)19-14-16(28-38(5,34)35)8-9-17(19)26-22(27-37)20-21(31)18(30-12-7-11-25-30)15-29(23(20)32)13-10-24(2,3)4/h7-9,11-12,14-15,28,31H,6,10,13H2,1-5H3,(H,26,27,33). The van der Waals surface area contributed by atoms with Gasteiger partial charge in [-0.2, -0.15) is 9.86 Å². The summed E-state index contributed by atoms with van der Waals surface area (Å²) in [5.41, 5.74) is -0.0555. The van der Waals surface area contributed by atoms with Gasteiger partial charge in [0.1, 0.15) is 11.3 Å². The van der Waals surface area contributed by atoms with Crippen molar-refractivity contribution in [2.45, 2.75) is 40.7 Å². The molecular formula is C24H31N6O6PS. The van der Waals surface area contributed by atoms with Gasteiger partial charge in [0.25, 0.3) is 5.56 Å². The first kappa shape index (κ1) is 27.6. The normalized spacial score (nSPS) is 17.4. The van der Waals surface area contributed by atoms with Crippen LogP contribution in [0.15, 0.2) is 52.4 Å². The van der Waals surface area contributed by atoms with E-state index in [2.05, 4.69) is 40.7 Å². The molecule has 0 saturated heterocycles. The zero-order valence-corrected chi connectivity index (χ0v) is 23.5. The van der Waals surface area contributed by atoms with Crippen molar-refractivity contribution < 1.29 is 22.6 Å². The van der Waals surface area contributed by atoms with E-state index in [1.54, 1.807) is 25.4 Å². The molecule has 0 amide bonds. The van der Waals surface area contributed by atoms with E-state index in [0.29, 0.717) is 18.7 Å². The van der Waals surface area contributed by atoms with E-state index in [1.807, 2.05) is 0 Å². The molecule has 1 aliphatic rings. The van der Waals surface area contributed by atoms with Gasteiger partial charge in [0.05, 0.1) is 23.9 Å². The average molecular weight is 563 g/mol. The van der Waals surface area contributed by atoms with Crippen LogP contribution >= 0.6 is 7.52 Å². The first-order valence-electron chi connectivity index (χ1n) is 11.9. The van der Waals surface area contributed by atoms with Crippen molar-refractivity contribution in [3.8, 4) is 11.4 Å². The molecule has 4 rings (SSSR count). The Hall–Kier alpha value is -3.41. The molecule has 1 aromatic carbocycles. The summed E-state index contributed by atoms with van der Waals surface area (Å²) in [5, 5.41) is 18.6. The molecule has 1 aliphatic heterocycles. The number of amidine groups is 1. The third-order valence-electron chi connectivity index (χ3n) is 5.72. The summed E-state index contributed by atoms with van der Waals surface area (Å²) >= 11 is 0. The minimum Gasteiger partial charge on any atom is -0.505 e. The highest BCUT2D eigenvalue weighted by molar-refractivity contribution is 7.92. The van der Waals surface area contributed by atoms with E-state index in [0.717, 1.165) is 6.26 Å². The molecule has 12 nitrogen and oxygen atoms in total. The maximum Gasteiger partial charge on any atom is 0.348 e. The topological polar surface area (TPSA) is 157 Å². The van der Waals surface area contributed by atoms with Crippen LogP contribution in [0.5, 0.6) is 5.75 Å². The number of anilines is 2. The number of nitrogens with one attached hydrogen (secondary N) is 2. The van der Waals surface area contributed by atoms with Crippen molar-refractivity contribution in [1.29, 1.82) is 0 Å². The lowest BCUT2D eigenvalue weighted by molar-refractivity contribution is 0.341. The van der Waals surface area contributed by atoms with Gasteiger partial charge in [0, 0.05) is 30.8 Å². The van der Waals surface area contributed by atoms with Gasteiger partial charge in [-0.1, -0.05) is 20.8 Å². The zero-order chi connectivity index (χ0) is 27.9. The predicted octanol–water partition coefficient (Wildman–Crippen LogP) is 3.27. The van der Waals surface area contributed by atoms with Crippen molar-refractivity contribution in [2.75, 3.05) is 22.9 Å². The molecule has 14 heteroatoms. The van der Waals surface area contributed by atoms with Crippen LogP contribution in [-0.2, 0) is 25.7 Å². The molecule has 0 radical (unpaired) electrons. The molecule has 0 saturated carbocycles. The fraction of sp³-hybridized carbons (Fsp3) is 0.375. The van der Waals surface area contributed by atoms with Gasteiger partial charge in [-0.3, -0.25) is 14.1 Å². The maximum atomic E-state index is 14.0. The smallest absolute Gasteiger partial charge is 0.348 e. The van der Waals surface area contributed by atoms with Crippen LogP contribution in [0.4, 0.5) is 11.4 Å². The van der Waals surface area contributed by atoms with Crippen molar-refractivity contribution in [2.24, 2.45) is 10.2 Å². The lowest BCUT2D eigenvalue weighted by atomic mass is 9.92. The first-order valence-corrected chi connectivity index (χ1v) is 15.4. The molecule has 3 N–H and O–H groups in total. The summed E-state index contributed by atoms with van der Waals surface area (Å²) in [4.78, 5) is 13.7. The Kier molecular flexibility index (Phi) is 7.30. The Morgan fingerprint density at radius 2 is 2.00 bits per heavy atom. The molecular weight excluding hydrogens is 531 g/mol. The zero-order valence-electron chi connectivity index (χ0n) is 21.8. The summed E-state index contributed by atoms with van der Waals surface area (Å²) in [6, 6.07) is 6.05. The molecule has 3 heterocycles. The average Bonchev–Trinajstić information content (AvgIpc) is 3.32. The number of aromatic nitrogens is 3. The summed E-state index contributed by atoms with van der Waals surface area (Å²) in [7, 11) is -7.57. The number of rotatable bonds is 8. The number of benzene rings is 1. The Balaban J connectivity index is 1.90. The number of hydrogen-bond donors (Lipinski definition) is 3. The van der Waals surface area contributed by atoms with Crippen LogP contribution in [0.1, 0.15) is 39.7 Å². The summed E-state index contributed by atoms with van der Waals surface area (Å²) < 4.78 is 52.6. The monoisotopic (exact) mass is 562 g/mol. The van der Waals surface area contributed by atoms with Gasteiger partial charge in [0.15, 0.2) is 11.6 Å². The summed E-state index contributed by atoms with van der Waals surface area (Å²) in [6.07, 6.45) is 6.38. The lowest BCUT2D eigenvalue weighted by Crippen LogP contribution is -2.34. The van der Waals surface area contributed by atoms with Crippen LogP contribution in [0.2, 0.25) is 0 Å². The summed E-state index contributed by atoms with van der Waals surface area (Å²) in [5.74, 6) is -0.516. The number of sulfonamides is 1. The lowest BCUT2D eigenvalue weighted by Gasteiger charge is -2.26. The first-order chi connectivity index (χ1) is 17.7. The van der Waals surface area contributed by atoms with E-state index in [9.17, 15) is 22.9 Å². The molecule has 3 aromatic rings. The van der Waals surface area contributed by atoms with Crippen LogP contribution < -0.4 is 20.9 Å². The van der Waals surface area contributed by atoms with Crippen molar-refractivity contribution in [1.82, 2.24) is 14.3 Å². The van der Waals surface area contributed by atoms with Gasteiger partial charge in [-0.25, -0.2) is 13.1 Å². The molecule has 0 aliphatic carbocycles.